The SMILES string of the molecule is CC(C)NCC1CCCN(c2ccc(Br)cn2)C1. The highest BCUT2D eigenvalue weighted by atomic mass is 79.9. The van der Waals surface area contributed by atoms with E-state index < -0.39 is 0 Å². The van der Waals surface area contributed by atoms with Gasteiger partial charge in [0.25, 0.3) is 0 Å². The van der Waals surface area contributed by atoms with Gasteiger partial charge in [-0.05, 0) is 53.4 Å². The summed E-state index contributed by atoms with van der Waals surface area (Å²) in [4.78, 5) is 6.90. The van der Waals surface area contributed by atoms with Crippen LogP contribution in [0.1, 0.15) is 26.7 Å². The lowest BCUT2D eigenvalue weighted by Gasteiger charge is -2.34. The van der Waals surface area contributed by atoms with Gasteiger partial charge in [-0.3, -0.25) is 0 Å². The van der Waals surface area contributed by atoms with Gasteiger partial charge < -0.3 is 10.2 Å². The van der Waals surface area contributed by atoms with Crippen LogP contribution >= 0.6 is 15.9 Å². The summed E-state index contributed by atoms with van der Waals surface area (Å²) in [6, 6.07) is 4.74. The van der Waals surface area contributed by atoms with Crippen LogP contribution in [0.2, 0.25) is 0 Å². The Morgan fingerprint density at radius 1 is 1.50 bits per heavy atom. The van der Waals surface area contributed by atoms with Crippen LogP contribution in [-0.4, -0.2) is 30.7 Å². The first-order valence-electron chi connectivity index (χ1n) is 6.75. The van der Waals surface area contributed by atoms with Crippen LogP contribution in [0.25, 0.3) is 0 Å². The van der Waals surface area contributed by atoms with Crippen molar-refractivity contribution in [1.29, 1.82) is 0 Å². The fraction of sp³-hybridized carbons (Fsp3) is 0.643. The molecule has 1 fully saturated rings. The third-order valence-corrected chi connectivity index (χ3v) is 3.84. The molecular weight excluding hydrogens is 290 g/mol. The molecule has 1 aromatic heterocycles. The van der Waals surface area contributed by atoms with Crippen LogP contribution in [0.3, 0.4) is 0 Å². The maximum atomic E-state index is 4.49. The molecule has 0 aromatic carbocycles. The van der Waals surface area contributed by atoms with Crippen LogP contribution in [0.4, 0.5) is 5.82 Å². The number of nitrogens with one attached hydrogen (secondary N) is 1. The van der Waals surface area contributed by atoms with Gasteiger partial charge in [-0.25, -0.2) is 4.98 Å². The van der Waals surface area contributed by atoms with Gasteiger partial charge in [-0.1, -0.05) is 13.8 Å². The van der Waals surface area contributed by atoms with E-state index in [0.29, 0.717) is 6.04 Å². The number of hydrogen-bond acceptors (Lipinski definition) is 3. The lowest BCUT2D eigenvalue weighted by atomic mass is 9.97. The van der Waals surface area contributed by atoms with E-state index in [0.717, 1.165) is 35.8 Å². The van der Waals surface area contributed by atoms with Crippen LogP contribution < -0.4 is 10.2 Å². The van der Waals surface area contributed by atoms with E-state index in [1.54, 1.807) is 0 Å². The summed E-state index contributed by atoms with van der Waals surface area (Å²) in [5.74, 6) is 1.85. The highest BCUT2D eigenvalue weighted by Crippen LogP contribution is 2.22. The van der Waals surface area contributed by atoms with Gasteiger partial charge in [0.05, 0.1) is 0 Å². The molecule has 0 radical (unpaired) electrons. The van der Waals surface area contributed by atoms with E-state index >= 15 is 0 Å². The van der Waals surface area contributed by atoms with Gasteiger partial charge in [0.2, 0.25) is 0 Å². The number of aromatic nitrogens is 1. The minimum atomic E-state index is 0.575. The second-order valence-corrected chi connectivity index (χ2v) is 6.27. The minimum absolute atomic E-state index is 0.575. The van der Waals surface area contributed by atoms with Crippen molar-refractivity contribution in [3.05, 3.63) is 22.8 Å². The summed E-state index contributed by atoms with van der Waals surface area (Å²) in [6.45, 7) is 7.78. The molecule has 0 bridgehead atoms. The van der Waals surface area contributed by atoms with Crippen molar-refractivity contribution < 1.29 is 0 Å². The number of rotatable bonds is 4. The van der Waals surface area contributed by atoms with Crippen molar-refractivity contribution in [1.82, 2.24) is 10.3 Å². The van der Waals surface area contributed by atoms with Gasteiger partial charge >= 0.3 is 0 Å². The van der Waals surface area contributed by atoms with Gasteiger partial charge in [-0.15, -0.1) is 0 Å². The zero-order valence-corrected chi connectivity index (χ0v) is 12.8. The van der Waals surface area contributed by atoms with Crippen LogP contribution in [-0.2, 0) is 0 Å². The van der Waals surface area contributed by atoms with Crippen molar-refractivity contribution in [2.75, 3.05) is 24.5 Å². The molecule has 2 heterocycles. The number of pyridine rings is 1. The molecule has 4 heteroatoms. The quantitative estimate of drug-likeness (QED) is 0.926. The molecule has 3 nitrogen and oxygen atoms in total. The molecule has 1 aliphatic rings. The number of hydrogen-bond donors (Lipinski definition) is 1. The Morgan fingerprint density at radius 2 is 2.33 bits per heavy atom. The van der Waals surface area contributed by atoms with Crippen LogP contribution in [0.5, 0.6) is 0 Å². The molecule has 0 amide bonds. The second kappa shape index (κ2) is 6.53. The van der Waals surface area contributed by atoms with E-state index in [2.05, 4.69) is 57.1 Å². The lowest BCUT2D eigenvalue weighted by Crippen LogP contribution is -2.41. The normalized spacial score (nSPS) is 20.4. The van der Waals surface area contributed by atoms with Crippen molar-refractivity contribution in [3.63, 3.8) is 0 Å². The van der Waals surface area contributed by atoms with Gasteiger partial charge in [0, 0.05) is 29.8 Å². The Morgan fingerprint density at radius 3 is 3.00 bits per heavy atom. The third-order valence-electron chi connectivity index (χ3n) is 3.37. The summed E-state index contributed by atoms with van der Waals surface area (Å²) in [5, 5.41) is 3.54. The molecule has 1 unspecified atom stereocenters. The molecule has 1 N–H and O–H groups in total. The molecule has 0 aliphatic carbocycles. The largest absolute Gasteiger partial charge is 0.356 e. The smallest absolute Gasteiger partial charge is 0.128 e. The van der Waals surface area contributed by atoms with Gasteiger partial charge in [0.1, 0.15) is 5.82 Å². The lowest BCUT2D eigenvalue weighted by molar-refractivity contribution is 0.378. The number of piperidine rings is 1. The number of anilines is 1. The summed E-state index contributed by atoms with van der Waals surface area (Å²) in [7, 11) is 0. The third kappa shape index (κ3) is 3.95. The average molecular weight is 312 g/mol. The molecule has 18 heavy (non-hydrogen) atoms. The zero-order chi connectivity index (χ0) is 13.0. The highest BCUT2D eigenvalue weighted by molar-refractivity contribution is 9.10. The summed E-state index contributed by atoms with van der Waals surface area (Å²) in [5.41, 5.74) is 0. The average Bonchev–Trinajstić information content (AvgIpc) is 2.37. The van der Waals surface area contributed by atoms with E-state index in [9.17, 15) is 0 Å². The van der Waals surface area contributed by atoms with E-state index in [4.69, 9.17) is 0 Å². The Bertz CT molecular complexity index is 364. The Hall–Kier alpha value is -0.610. The van der Waals surface area contributed by atoms with E-state index in [1.807, 2.05) is 6.20 Å². The maximum Gasteiger partial charge on any atom is 0.128 e. The second-order valence-electron chi connectivity index (χ2n) is 5.35. The number of nitrogens with zero attached hydrogens (tertiary/aromatic N) is 2. The molecule has 1 saturated heterocycles. The van der Waals surface area contributed by atoms with E-state index in [-0.39, 0.29) is 0 Å². The molecule has 1 aliphatic heterocycles. The minimum Gasteiger partial charge on any atom is -0.356 e. The fourth-order valence-corrected chi connectivity index (χ4v) is 2.63. The van der Waals surface area contributed by atoms with Crippen LogP contribution in [0, 0.1) is 5.92 Å². The topological polar surface area (TPSA) is 28.2 Å². The zero-order valence-electron chi connectivity index (χ0n) is 11.2. The van der Waals surface area contributed by atoms with E-state index in [1.165, 1.54) is 12.8 Å². The van der Waals surface area contributed by atoms with Gasteiger partial charge in [-0.2, -0.15) is 0 Å². The summed E-state index contributed by atoms with van der Waals surface area (Å²) in [6.07, 6.45) is 4.47. The monoisotopic (exact) mass is 311 g/mol. The maximum absolute atomic E-state index is 4.49. The Kier molecular flexibility index (Phi) is 5.01. The first-order valence-corrected chi connectivity index (χ1v) is 7.54. The van der Waals surface area contributed by atoms with Crippen molar-refractivity contribution in [2.24, 2.45) is 5.92 Å². The predicted molar refractivity (Wildman–Crippen MR) is 80.0 cm³/mol. The standard InChI is InChI=1S/C14H22BrN3/c1-11(2)16-8-12-4-3-7-18(10-12)14-6-5-13(15)9-17-14/h5-6,9,11-12,16H,3-4,7-8,10H2,1-2H3. The Labute approximate surface area is 118 Å². The summed E-state index contributed by atoms with van der Waals surface area (Å²) < 4.78 is 1.04. The fourth-order valence-electron chi connectivity index (χ4n) is 2.40. The predicted octanol–water partition coefficient (Wildman–Crippen LogP) is 3.06. The van der Waals surface area contributed by atoms with Gasteiger partial charge in [0.15, 0.2) is 0 Å². The molecule has 0 saturated carbocycles. The first kappa shape index (κ1) is 13.8. The molecule has 0 spiro atoms. The van der Waals surface area contributed by atoms with Crippen molar-refractivity contribution in [3.8, 4) is 0 Å². The molecule has 1 atom stereocenters. The first-order chi connectivity index (χ1) is 8.65. The summed E-state index contributed by atoms with van der Waals surface area (Å²) >= 11 is 3.43. The van der Waals surface area contributed by atoms with Crippen LogP contribution in [0.15, 0.2) is 22.8 Å². The molecular formula is C14H22BrN3. The highest BCUT2D eigenvalue weighted by Gasteiger charge is 2.20. The van der Waals surface area contributed by atoms with Crippen molar-refractivity contribution >= 4 is 21.7 Å². The Balaban J connectivity index is 1.91. The number of halogens is 1. The molecule has 100 valence electrons. The molecule has 1 aromatic rings. The molecule has 2 rings (SSSR count). The van der Waals surface area contributed by atoms with Crippen molar-refractivity contribution in [2.45, 2.75) is 32.7 Å².